The van der Waals surface area contributed by atoms with Crippen LogP contribution in [0, 0.1) is 0 Å². The largest absolute Gasteiger partial charge is 0.509 e. The van der Waals surface area contributed by atoms with Crippen LogP contribution in [-0.4, -0.2) is 23.5 Å². The number of benzene rings is 9. The number of unbranched alkanes of at least 4 members (excludes halogenated alkanes) is 2. The van der Waals surface area contributed by atoms with E-state index in [4.69, 9.17) is 27.8 Å². The van der Waals surface area contributed by atoms with Gasteiger partial charge in [0, 0.05) is 60.9 Å². The van der Waals surface area contributed by atoms with Crippen LogP contribution in [0.3, 0.4) is 0 Å². The number of carbonyl (C=O) groups excluding carboxylic acids is 2. The molecule has 408 valence electrons. The van der Waals surface area contributed by atoms with E-state index in [9.17, 15) is 9.59 Å². The van der Waals surface area contributed by atoms with Crippen molar-refractivity contribution < 1.29 is 37.4 Å². The van der Waals surface area contributed by atoms with Gasteiger partial charge in [-0.15, -0.1) is 0 Å². The van der Waals surface area contributed by atoms with E-state index < -0.39 is 23.5 Å². The number of hydrogen-bond donors (Lipinski definition) is 0. The maximum absolute atomic E-state index is 12.9. The van der Waals surface area contributed by atoms with Crippen LogP contribution in [0.15, 0.2) is 209 Å². The van der Waals surface area contributed by atoms with Crippen LogP contribution >= 0.6 is 0 Å². The van der Waals surface area contributed by atoms with Crippen molar-refractivity contribution in [2.24, 2.45) is 0 Å². The summed E-state index contributed by atoms with van der Waals surface area (Å²) in [6.07, 6.45) is 4.09. The first-order valence-electron chi connectivity index (χ1n) is 28.2. The molecule has 0 N–H and O–H groups in total. The highest BCUT2D eigenvalue weighted by Gasteiger charge is 2.26. The summed E-state index contributed by atoms with van der Waals surface area (Å²) in [5.41, 5.74) is 14.5. The van der Waals surface area contributed by atoms with E-state index in [1.54, 1.807) is 0 Å². The molecule has 11 aromatic rings. The number of anilines is 3. The predicted molar refractivity (Wildman–Crippen MR) is 327 cm³/mol. The Kier molecular flexibility index (Phi) is 15.5. The highest BCUT2D eigenvalue weighted by Crippen LogP contribution is 2.43. The van der Waals surface area contributed by atoms with E-state index >= 15 is 0 Å². The second-order valence-corrected chi connectivity index (χ2v) is 22.1. The van der Waals surface area contributed by atoms with E-state index in [0.29, 0.717) is 11.2 Å². The molecule has 2 aromatic heterocycles. The summed E-state index contributed by atoms with van der Waals surface area (Å²) in [5, 5.41) is 3.83. The Hall–Kier alpha value is -9.08. The van der Waals surface area contributed by atoms with Crippen molar-refractivity contribution >= 4 is 73.2 Å². The topological polar surface area (TPSA) is 101 Å². The fourth-order valence-electron chi connectivity index (χ4n) is 10.8. The molecule has 0 aliphatic heterocycles. The van der Waals surface area contributed by atoms with Gasteiger partial charge in [-0.1, -0.05) is 190 Å². The van der Waals surface area contributed by atoms with Gasteiger partial charge in [0.05, 0.1) is 0 Å². The Labute approximate surface area is 473 Å². The number of para-hydroxylation sites is 4. The molecule has 0 amide bonds. The molecule has 0 unspecified atom stereocenters. The normalized spacial score (nSPS) is 11.8. The number of carbonyl (C=O) groups is 2. The molecular formula is C72H67NO8. The Bertz CT molecular complexity index is 3790. The average molecular weight is 1070 g/mol. The summed E-state index contributed by atoms with van der Waals surface area (Å²) in [7, 11) is 0. The molecule has 2 heterocycles. The monoisotopic (exact) mass is 1070 g/mol. The maximum atomic E-state index is 12.9. The Morgan fingerprint density at radius 2 is 0.716 bits per heavy atom. The lowest BCUT2D eigenvalue weighted by Gasteiger charge is -2.26. The van der Waals surface area contributed by atoms with Crippen molar-refractivity contribution in [1.82, 2.24) is 0 Å². The van der Waals surface area contributed by atoms with E-state index in [0.717, 1.165) is 133 Å². The van der Waals surface area contributed by atoms with Crippen molar-refractivity contribution in [2.75, 3.05) is 4.90 Å². The zero-order valence-electron chi connectivity index (χ0n) is 46.9. The fourth-order valence-corrected chi connectivity index (χ4v) is 10.8. The van der Waals surface area contributed by atoms with Crippen molar-refractivity contribution in [2.45, 2.75) is 104 Å². The lowest BCUT2D eigenvalue weighted by molar-refractivity contribution is -0.0254. The molecular weight excluding hydrogens is 1010 g/mol. The number of furan rings is 2. The summed E-state index contributed by atoms with van der Waals surface area (Å²) < 4.78 is 36.2. The number of hydrogen-bond acceptors (Lipinski definition) is 9. The predicted octanol–water partition coefficient (Wildman–Crippen LogP) is 20.9. The van der Waals surface area contributed by atoms with Gasteiger partial charge in [-0.2, -0.15) is 0 Å². The number of fused-ring (bicyclic) bond motifs is 6. The minimum absolute atomic E-state index is 0.0212. The fraction of sp³-hybridized carbons (Fsp3) is 0.222. The van der Waals surface area contributed by atoms with E-state index in [-0.39, 0.29) is 13.2 Å². The van der Waals surface area contributed by atoms with Crippen LogP contribution in [-0.2, 0) is 32.2 Å². The first kappa shape index (κ1) is 53.9. The molecule has 0 radical (unpaired) electrons. The van der Waals surface area contributed by atoms with Gasteiger partial charge in [0.2, 0.25) is 0 Å². The molecule has 0 atom stereocenters. The second-order valence-electron chi connectivity index (χ2n) is 22.1. The third kappa shape index (κ3) is 11.8. The van der Waals surface area contributed by atoms with Gasteiger partial charge < -0.3 is 32.7 Å². The molecule has 9 heteroatoms. The summed E-state index contributed by atoms with van der Waals surface area (Å²) in [4.78, 5) is 28.0. The molecule has 11 rings (SSSR count). The van der Waals surface area contributed by atoms with Gasteiger partial charge in [-0.3, -0.25) is 0 Å². The molecule has 9 nitrogen and oxygen atoms in total. The van der Waals surface area contributed by atoms with Gasteiger partial charge in [0.15, 0.2) is 0 Å². The Balaban J connectivity index is 0.899. The van der Waals surface area contributed by atoms with E-state index in [2.05, 4.69) is 176 Å². The average Bonchev–Trinajstić information content (AvgIpc) is 4.32. The van der Waals surface area contributed by atoms with Crippen molar-refractivity contribution in [3.05, 3.63) is 211 Å². The molecule has 0 saturated heterocycles. The highest BCUT2D eigenvalue weighted by atomic mass is 16.7. The summed E-state index contributed by atoms with van der Waals surface area (Å²) >= 11 is 0. The maximum Gasteiger partial charge on any atom is 0.509 e. The SMILES string of the molecule is CCCCC(C)(C)OC(=O)OCc1cccc2c1oc1c(-c3ccc(N(c4ccc(-c5ccc(-c6ccccc6)cc5)cc4)c4ccc(-c5cccc6c5oc5c(COC(=O)OC(C)(C)CCCC)cccc56)cc4)cc3)cccc12. The second kappa shape index (κ2) is 23.3. The van der Waals surface area contributed by atoms with Gasteiger partial charge in [0.1, 0.15) is 46.7 Å². The first-order chi connectivity index (χ1) is 39.3. The van der Waals surface area contributed by atoms with Crippen LogP contribution < -0.4 is 4.90 Å². The van der Waals surface area contributed by atoms with Crippen molar-refractivity contribution in [3.63, 3.8) is 0 Å². The zero-order valence-corrected chi connectivity index (χ0v) is 46.9. The Morgan fingerprint density at radius 3 is 1.10 bits per heavy atom. The molecule has 0 aliphatic carbocycles. The lowest BCUT2D eigenvalue weighted by Crippen LogP contribution is -2.28. The molecule has 0 aliphatic rings. The van der Waals surface area contributed by atoms with Crippen LogP contribution in [0.2, 0.25) is 0 Å². The molecule has 81 heavy (non-hydrogen) atoms. The standard InChI is InChI=1S/C72H67NO8/c1-7-9-44-71(3,4)80-69(74)76-46-54-20-14-24-61-63-26-16-22-59(67(63)78-65(54)61)52-34-40-57(41-35-52)73(56-38-32-51(33-39-56)50-30-28-49(29-31-50)48-18-12-11-13-19-48)58-42-36-53(37-43-58)60-23-17-27-64-62-25-15-21-55(66(62)79-68(60)64)47-77-70(75)81-72(5,6)45-10-8-2/h11-43H,7-10,44-47H2,1-6H3. The van der Waals surface area contributed by atoms with Gasteiger partial charge >= 0.3 is 12.3 Å². The molecule has 0 bridgehead atoms. The summed E-state index contributed by atoms with van der Waals surface area (Å²) in [5.74, 6) is 0. The number of rotatable bonds is 19. The minimum atomic E-state index is -0.693. The third-order valence-electron chi connectivity index (χ3n) is 15.2. The quantitative estimate of drug-likeness (QED) is 0.0733. The lowest BCUT2D eigenvalue weighted by atomic mass is 9.99. The first-order valence-corrected chi connectivity index (χ1v) is 28.2. The summed E-state index contributed by atoms with van der Waals surface area (Å²) in [6, 6.07) is 69.3. The van der Waals surface area contributed by atoms with Crippen LogP contribution in [0.4, 0.5) is 26.7 Å². The van der Waals surface area contributed by atoms with Gasteiger partial charge in [0.25, 0.3) is 0 Å². The minimum Gasteiger partial charge on any atom is -0.455 e. The van der Waals surface area contributed by atoms with Crippen LogP contribution in [0.1, 0.15) is 91.2 Å². The van der Waals surface area contributed by atoms with Crippen LogP contribution in [0.25, 0.3) is 88.4 Å². The van der Waals surface area contributed by atoms with Gasteiger partial charge in [-0.25, -0.2) is 9.59 Å². The molecule has 0 fully saturated rings. The van der Waals surface area contributed by atoms with Crippen molar-refractivity contribution in [1.29, 1.82) is 0 Å². The van der Waals surface area contributed by atoms with Crippen LogP contribution in [0.5, 0.6) is 0 Å². The molecule has 0 spiro atoms. The van der Waals surface area contributed by atoms with Gasteiger partial charge in [-0.05, 0) is 123 Å². The summed E-state index contributed by atoms with van der Waals surface area (Å²) in [6.45, 7) is 11.9. The molecule has 9 aromatic carbocycles. The van der Waals surface area contributed by atoms with Crippen molar-refractivity contribution in [3.8, 4) is 44.5 Å². The van der Waals surface area contributed by atoms with E-state index in [1.807, 2.05) is 70.2 Å². The smallest absolute Gasteiger partial charge is 0.455 e. The van der Waals surface area contributed by atoms with E-state index in [1.165, 1.54) is 11.1 Å². The highest BCUT2D eigenvalue weighted by molar-refractivity contribution is 6.11. The third-order valence-corrected chi connectivity index (χ3v) is 15.2. The molecule has 0 saturated carbocycles. The Morgan fingerprint density at radius 1 is 0.383 bits per heavy atom. The number of ether oxygens (including phenoxy) is 4. The number of nitrogens with zero attached hydrogens (tertiary/aromatic N) is 1. The zero-order chi connectivity index (χ0) is 56.1.